The number of hydrogen-bond acceptors (Lipinski definition) is 3. The second-order valence-corrected chi connectivity index (χ2v) is 11.3. The zero-order valence-corrected chi connectivity index (χ0v) is 20.3. The molecule has 0 unspecified atom stereocenters. The maximum atomic E-state index is 10.4. The van der Waals surface area contributed by atoms with Crippen LogP contribution in [-0.2, 0) is 0 Å². The lowest BCUT2D eigenvalue weighted by atomic mass is 9.61. The molecule has 3 fully saturated rings. The van der Waals surface area contributed by atoms with Gasteiger partial charge in [-0.05, 0) is 88.4 Å². The van der Waals surface area contributed by atoms with E-state index in [0.717, 1.165) is 12.8 Å². The largest absolute Gasteiger partial charge is 0.392 e. The molecule has 6 atom stereocenters. The van der Waals surface area contributed by atoms with Crippen LogP contribution in [0.4, 0.5) is 0 Å². The van der Waals surface area contributed by atoms with E-state index < -0.39 is 17.8 Å². The van der Waals surface area contributed by atoms with Crippen molar-refractivity contribution in [2.24, 2.45) is 29.1 Å². The Morgan fingerprint density at radius 2 is 1.84 bits per heavy atom. The van der Waals surface area contributed by atoms with Crippen molar-refractivity contribution in [1.82, 2.24) is 0 Å². The zero-order chi connectivity index (χ0) is 22.8. The first-order chi connectivity index (χ1) is 14.5. The van der Waals surface area contributed by atoms with Gasteiger partial charge in [0.15, 0.2) is 0 Å². The van der Waals surface area contributed by atoms with Crippen LogP contribution >= 0.6 is 0 Å². The third-order valence-electron chi connectivity index (χ3n) is 8.48. The molecule has 0 saturated heterocycles. The van der Waals surface area contributed by atoms with Crippen molar-refractivity contribution < 1.29 is 15.3 Å². The monoisotopic (exact) mass is 428 g/mol. The van der Waals surface area contributed by atoms with Gasteiger partial charge >= 0.3 is 0 Å². The second kappa shape index (κ2) is 9.82. The number of hydrogen-bond donors (Lipinski definition) is 3. The molecule has 0 heterocycles. The van der Waals surface area contributed by atoms with Gasteiger partial charge in [-0.1, -0.05) is 50.0 Å². The Balaban J connectivity index is 1.71. The summed E-state index contributed by atoms with van der Waals surface area (Å²) in [5.74, 6) is 8.09. The van der Waals surface area contributed by atoms with Crippen LogP contribution in [0.25, 0.3) is 0 Å². The first kappa shape index (κ1) is 24.6. The normalized spacial score (nSPS) is 38.4. The van der Waals surface area contributed by atoms with Gasteiger partial charge in [-0.25, -0.2) is 0 Å². The lowest BCUT2D eigenvalue weighted by Gasteiger charge is -2.44. The Morgan fingerprint density at radius 3 is 2.45 bits per heavy atom. The molecule has 0 aliphatic heterocycles. The van der Waals surface area contributed by atoms with Crippen LogP contribution < -0.4 is 0 Å². The fourth-order valence-corrected chi connectivity index (χ4v) is 6.87. The molecule has 174 valence electrons. The first-order valence-corrected chi connectivity index (χ1v) is 12.5. The molecular formula is C28H44O3. The highest BCUT2D eigenvalue weighted by molar-refractivity contribution is 5.26. The summed E-state index contributed by atoms with van der Waals surface area (Å²) in [4.78, 5) is 0. The summed E-state index contributed by atoms with van der Waals surface area (Å²) in [6.45, 7) is 10.4. The summed E-state index contributed by atoms with van der Waals surface area (Å²) >= 11 is 0. The van der Waals surface area contributed by atoms with Gasteiger partial charge in [0, 0.05) is 12.3 Å². The van der Waals surface area contributed by atoms with Crippen LogP contribution in [0.1, 0.15) is 92.4 Å². The quantitative estimate of drug-likeness (QED) is 0.526. The van der Waals surface area contributed by atoms with E-state index in [1.54, 1.807) is 19.4 Å². The van der Waals surface area contributed by atoms with Crippen LogP contribution in [-0.4, -0.2) is 33.1 Å². The Morgan fingerprint density at radius 1 is 1.16 bits per heavy atom. The van der Waals surface area contributed by atoms with Crippen LogP contribution in [0.5, 0.6) is 0 Å². The molecule has 3 nitrogen and oxygen atoms in total. The van der Waals surface area contributed by atoms with Crippen molar-refractivity contribution in [2.75, 3.05) is 0 Å². The Hall–Kier alpha value is -1.08. The fourth-order valence-electron chi connectivity index (χ4n) is 6.87. The number of aliphatic hydroxyl groups excluding tert-OH is 2. The number of aliphatic hydroxyl groups is 3. The molecular weight excluding hydrogens is 384 g/mol. The molecule has 0 radical (unpaired) electrons. The van der Waals surface area contributed by atoms with Crippen LogP contribution in [0, 0.1) is 40.9 Å². The molecule has 3 heteroatoms. The van der Waals surface area contributed by atoms with Gasteiger partial charge in [0.25, 0.3) is 0 Å². The minimum atomic E-state index is -0.909. The number of allylic oxidation sites excluding steroid dienone is 3. The predicted molar refractivity (Wildman–Crippen MR) is 127 cm³/mol. The molecule has 0 amide bonds. The molecule has 3 N–H and O–H groups in total. The molecule has 3 aliphatic rings. The molecule has 0 spiro atoms. The highest BCUT2D eigenvalue weighted by atomic mass is 16.3. The predicted octanol–water partition coefficient (Wildman–Crippen LogP) is 5.40. The molecule has 31 heavy (non-hydrogen) atoms. The van der Waals surface area contributed by atoms with E-state index in [0.29, 0.717) is 36.0 Å². The lowest BCUT2D eigenvalue weighted by molar-refractivity contribution is -0.00700. The van der Waals surface area contributed by atoms with Gasteiger partial charge in [0.2, 0.25) is 0 Å². The topological polar surface area (TPSA) is 60.7 Å². The summed E-state index contributed by atoms with van der Waals surface area (Å²) in [5.41, 5.74) is 2.18. The van der Waals surface area contributed by atoms with Crippen molar-refractivity contribution >= 4 is 0 Å². The average Bonchev–Trinajstić information content (AvgIpc) is 3.02. The maximum absolute atomic E-state index is 10.4. The van der Waals surface area contributed by atoms with Gasteiger partial charge in [-0.15, -0.1) is 5.92 Å². The van der Waals surface area contributed by atoms with E-state index in [1.165, 1.54) is 37.7 Å². The van der Waals surface area contributed by atoms with E-state index >= 15 is 0 Å². The standard InChI is InChI=1S/C28H44O3/c1-6-22-25(29)17-20(18-26(22)30)11-12-21-10-8-16-28(5)23(13-14-24(21)28)19(2)9-7-15-27(3,4)31/h11-12,19,22-26,29-31H,6,8-10,13-14,16-18H2,1-5H3/b20-11?,21-12+/t19-,22?,23-,24+,25-,26-,28-/m1/s1. The Labute approximate surface area is 190 Å². The SMILES string of the molecule is CCC1[C@H](O)CC(=C/C=C2\CCC[C@]3(C)[C@@H]([C@H](C)CC#CC(C)(C)O)CC[C@@H]23)C[C@H]1O. The van der Waals surface area contributed by atoms with E-state index in [9.17, 15) is 15.3 Å². The molecule has 3 saturated carbocycles. The van der Waals surface area contributed by atoms with Crippen molar-refractivity contribution in [3.63, 3.8) is 0 Å². The minimum absolute atomic E-state index is 0.0133. The van der Waals surface area contributed by atoms with Crippen molar-refractivity contribution in [3.05, 3.63) is 23.3 Å². The fraction of sp³-hybridized carbons (Fsp3) is 0.786. The van der Waals surface area contributed by atoms with Gasteiger partial charge in [-0.3, -0.25) is 0 Å². The average molecular weight is 429 g/mol. The Bertz CT molecular complexity index is 732. The van der Waals surface area contributed by atoms with Crippen molar-refractivity contribution in [2.45, 2.75) is 110 Å². The van der Waals surface area contributed by atoms with Gasteiger partial charge in [0.05, 0.1) is 12.2 Å². The molecule has 0 aromatic carbocycles. The van der Waals surface area contributed by atoms with Crippen LogP contribution in [0.2, 0.25) is 0 Å². The molecule has 0 bridgehead atoms. The summed E-state index contributed by atoms with van der Waals surface area (Å²) in [6.07, 6.45) is 13.0. The molecule has 0 aromatic heterocycles. The van der Waals surface area contributed by atoms with Crippen molar-refractivity contribution in [3.8, 4) is 11.8 Å². The van der Waals surface area contributed by atoms with E-state index in [-0.39, 0.29) is 5.92 Å². The zero-order valence-electron chi connectivity index (χ0n) is 20.3. The third-order valence-corrected chi connectivity index (χ3v) is 8.48. The van der Waals surface area contributed by atoms with Gasteiger partial charge in [0.1, 0.15) is 5.60 Å². The van der Waals surface area contributed by atoms with E-state index in [1.807, 2.05) is 6.92 Å². The number of rotatable bonds is 4. The minimum Gasteiger partial charge on any atom is -0.392 e. The van der Waals surface area contributed by atoms with E-state index in [4.69, 9.17) is 0 Å². The molecule has 3 aliphatic carbocycles. The summed E-state index contributed by atoms with van der Waals surface area (Å²) in [5, 5.41) is 30.7. The molecule has 0 aromatic rings. The lowest BCUT2D eigenvalue weighted by Crippen LogP contribution is -2.36. The summed E-state index contributed by atoms with van der Waals surface area (Å²) in [7, 11) is 0. The van der Waals surface area contributed by atoms with Crippen LogP contribution in [0.3, 0.4) is 0 Å². The summed E-state index contributed by atoms with van der Waals surface area (Å²) in [6, 6.07) is 0. The second-order valence-electron chi connectivity index (χ2n) is 11.3. The third kappa shape index (κ3) is 5.65. The van der Waals surface area contributed by atoms with Crippen molar-refractivity contribution in [1.29, 1.82) is 0 Å². The maximum Gasteiger partial charge on any atom is 0.119 e. The number of fused-ring (bicyclic) bond motifs is 1. The van der Waals surface area contributed by atoms with Gasteiger partial charge in [-0.2, -0.15) is 0 Å². The van der Waals surface area contributed by atoms with Crippen LogP contribution in [0.15, 0.2) is 23.3 Å². The van der Waals surface area contributed by atoms with Gasteiger partial charge < -0.3 is 15.3 Å². The first-order valence-electron chi connectivity index (χ1n) is 12.5. The smallest absolute Gasteiger partial charge is 0.119 e. The van der Waals surface area contributed by atoms with E-state index in [2.05, 4.69) is 37.8 Å². The summed E-state index contributed by atoms with van der Waals surface area (Å²) < 4.78 is 0. The highest BCUT2D eigenvalue weighted by Crippen LogP contribution is 2.59. The Kier molecular flexibility index (Phi) is 7.78. The highest BCUT2D eigenvalue weighted by Gasteiger charge is 2.50. The molecule has 3 rings (SSSR count).